The molecule has 1 unspecified atom stereocenters. The van der Waals surface area contributed by atoms with E-state index < -0.39 is 5.41 Å². The van der Waals surface area contributed by atoms with Crippen LogP contribution in [0.5, 0.6) is 0 Å². The number of carbonyl (C=O) groups excluding carboxylic acids is 1. The van der Waals surface area contributed by atoms with Crippen LogP contribution in [0.15, 0.2) is 36.7 Å². The lowest BCUT2D eigenvalue weighted by molar-refractivity contribution is -0.122. The molecule has 26 heavy (non-hydrogen) atoms. The average molecular weight is 365 g/mol. The number of carbonyl (C=O) groups is 1. The fraction of sp³-hybridized carbons (Fsp3) is 0.368. The van der Waals surface area contributed by atoms with Gasteiger partial charge in [0.1, 0.15) is 0 Å². The first-order valence-corrected chi connectivity index (χ1v) is 9.63. The van der Waals surface area contributed by atoms with E-state index in [-0.39, 0.29) is 11.9 Å². The number of hydrogen-bond acceptors (Lipinski definition) is 6. The van der Waals surface area contributed by atoms with Gasteiger partial charge >= 0.3 is 0 Å². The van der Waals surface area contributed by atoms with Crippen molar-refractivity contribution in [3.8, 4) is 0 Å². The van der Waals surface area contributed by atoms with Gasteiger partial charge in [-0.25, -0.2) is 9.97 Å². The Kier molecular flexibility index (Phi) is 3.31. The zero-order valence-corrected chi connectivity index (χ0v) is 15.5. The third-order valence-electron chi connectivity index (χ3n) is 5.33. The van der Waals surface area contributed by atoms with E-state index in [1.165, 1.54) is 4.70 Å². The molecule has 0 saturated carbocycles. The molecule has 0 radical (unpaired) electrons. The van der Waals surface area contributed by atoms with Gasteiger partial charge in [0, 0.05) is 25.5 Å². The van der Waals surface area contributed by atoms with Gasteiger partial charge in [-0.2, -0.15) is 0 Å². The Labute approximate surface area is 155 Å². The number of nitrogens with zero attached hydrogens (tertiary/aromatic N) is 5. The van der Waals surface area contributed by atoms with Crippen molar-refractivity contribution in [3.05, 3.63) is 42.4 Å². The Morgan fingerprint density at radius 1 is 1.19 bits per heavy atom. The van der Waals surface area contributed by atoms with Crippen LogP contribution in [-0.2, 0) is 10.2 Å². The highest BCUT2D eigenvalue weighted by atomic mass is 32.1. The number of fused-ring (bicyclic) bond motifs is 2. The van der Waals surface area contributed by atoms with E-state index in [1.54, 1.807) is 23.7 Å². The van der Waals surface area contributed by atoms with Gasteiger partial charge in [0.15, 0.2) is 10.9 Å². The Morgan fingerprint density at radius 2 is 2.00 bits per heavy atom. The highest BCUT2D eigenvalue weighted by Crippen LogP contribution is 2.41. The van der Waals surface area contributed by atoms with E-state index in [9.17, 15) is 4.79 Å². The van der Waals surface area contributed by atoms with Crippen molar-refractivity contribution >= 4 is 38.4 Å². The van der Waals surface area contributed by atoms with Crippen molar-refractivity contribution in [3.63, 3.8) is 0 Å². The highest BCUT2D eigenvalue weighted by molar-refractivity contribution is 7.22. The molecule has 0 spiro atoms. The molecule has 5 rings (SSSR count). The summed E-state index contributed by atoms with van der Waals surface area (Å²) in [5.74, 6) is 0.813. The molecule has 3 aromatic rings. The fourth-order valence-corrected chi connectivity index (χ4v) is 4.91. The first kappa shape index (κ1) is 15.7. The minimum absolute atomic E-state index is 0.0925. The van der Waals surface area contributed by atoms with Crippen LogP contribution >= 0.6 is 11.3 Å². The molecule has 2 aliphatic heterocycles. The van der Waals surface area contributed by atoms with E-state index in [0.717, 1.165) is 41.7 Å². The maximum atomic E-state index is 13.1. The quantitative estimate of drug-likeness (QED) is 0.699. The van der Waals surface area contributed by atoms with E-state index >= 15 is 0 Å². The molecule has 2 aliphatic rings. The summed E-state index contributed by atoms with van der Waals surface area (Å²) in [4.78, 5) is 30.9. The van der Waals surface area contributed by atoms with Crippen molar-refractivity contribution in [2.45, 2.75) is 31.7 Å². The van der Waals surface area contributed by atoms with Gasteiger partial charge < -0.3 is 4.90 Å². The second kappa shape index (κ2) is 5.48. The van der Waals surface area contributed by atoms with Crippen LogP contribution in [0.25, 0.3) is 10.2 Å². The maximum Gasteiger partial charge on any atom is 0.240 e. The molecular formula is C19H19N5OS. The molecule has 1 saturated heterocycles. The van der Waals surface area contributed by atoms with Crippen LogP contribution in [0.2, 0.25) is 0 Å². The number of amides is 1. The lowest BCUT2D eigenvalue weighted by atomic mass is 9.91. The molecule has 0 aliphatic carbocycles. The van der Waals surface area contributed by atoms with Gasteiger partial charge in [-0.05, 0) is 32.4 Å². The molecule has 6 nitrogen and oxygen atoms in total. The van der Waals surface area contributed by atoms with Crippen molar-refractivity contribution in [2.75, 3.05) is 22.9 Å². The second-order valence-electron chi connectivity index (χ2n) is 7.38. The Hall–Kier alpha value is -2.54. The summed E-state index contributed by atoms with van der Waals surface area (Å²) < 4.78 is 1.19. The largest absolute Gasteiger partial charge is 0.346 e. The molecule has 4 heterocycles. The molecule has 1 atom stereocenters. The van der Waals surface area contributed by atoms with Crippen LogP contribution in [0.1, 0.15) is 26.0 Å². The Bertz CT molecular complexity index is 981. The first-order valence-electron chi connectivity index (χ1n) is 8.81. The Morgan fingerprint density at radius 3 is 2.85 bits per heavy atom. The molecule has 0 bridgehead atoms. The summed E-state index contributed by atoms with van der Waals surface area (Å²) in [6.45, 7) is 5.54. The summed E-state index contributed by atoms with van der Waals surface area (Å²) in [7, 11) is 0. The summed E-state index contributed by atoms with van der Waals surface area (Å²) in [6.07, 6.45) is 4.24. The van der Waals surface area contributed by atoms with Crippen LogP contribution < -0.4 is 9.80 Å². The number of hydrogen-bond donors (Lipinski definition) is 0. The van der Waals surface area contributed by atoms with Crippen molar-refractivity contribution in [2.24, 2.45) is 0 Å². The first-order chi connectivity index (χ1) is 12.6. The maximum absolute atomic E-state index is 13.1. The van der Waals surface area contributed by atoms with Crippen LogP contribution in [-0.4, -0.2) is 40.0 Å². The molecule has 132 valence electrons. The van der Waals surface area contributed by atoms with Crippen molar-refractivity contribution < 1.29 is 4.79 Å². The zero-order valence-electron chi connectivity index (χ0n) is 14.7. The third kappa shape index (κ3) is 2.16. The molecule has 1 aromatic carbocycles. The third-order valence-corrected chi connectivity index (χ3v) is 6.43. The van der Waals surface area contributed by atoms with E-state index in [4.69, 9.17) is 4.98 Å². The van der Waals surface area contributed by atoms with Crippen molar-refractivity contribution in [1.29, 1.82) is 0 Å². The molecule has 0 N–H and O–H groups in total. The van der Waals surface area contributed by atoms with Crippen LogP contribution in [0, 0.1) is 0 Å². The standard InChI is InChI=1S/C19H19N5OS/c1-19(2)15-16(21-9-8-20-15)24(17(19)25)12-7-10-23(11-12)18-22-13-5-3-4-6-14(13)26-18/h3-6,8-9,12H,7,10-11H2,1-2H3. The summed E-state index contributed by atoms with van der Waals surface area (Å²) >= 11 is 1.71. The molecule has 2 aromatic heterocycles. The summed E-state index contributed by atoms with van der Waals surface area (Å²) in [6, 6.07) is 8.30. The monoisotopic (exact) mass is 365 g/mol. The number of rotatable bonds is 2. The predicted octanol–water partition coefficient (Wildman–Crippen LogP) is 2.99. The van der Waals surface area contributed by atoms with Gasteiger partial charge in [-0.15, -0.1) is 0 Å². The lowest BCUT2D eigenvalue weighted by Gasteiger charge is -2.25. The average Bonchev–Trinajstić information content (AvgIpc) is 3.32. The number of para-hydroxylation sites is 1. The number of thiazole rings is 1. The SMILES string of the molecule is CC1(C)C(=O)N(C2CCN(c3nc4ccccc4s3)C2)c2nccnc21. The predicted molar refractivity (Wildman–Crippen MR) is 103 cm³/mol. The highest BCUT2D eigenvalue weighted by Gasteiger charge is 2.49. The number of benzene rings is 1. The van der Waals surface area contributed by atoms with Gasteiger partial charge in [0.05, 0.1) is 27.4 Å². The zero-order chi connectivity index (χ0) is 17.9. The number of anilines is 2. The van der Waals surface area contributed by atoms with E-state index in [2.05, 4.69) is 20.9 Å². The normalized spacial score (nSPS) is 21.6. The number of aromatic nitrogens is 3. The smallest absolute Gasteiger partial charge is 0.240 e. The van der Waals surface area contributed by atoms with Crippen molar-refractivity contribution in [1.82, 2.24) is 15.0 Å². The van der Waals surface area contributed by atoms with Gasteiger partial charge in [0.2, 0.25) is 5.91 Å². The lowest BCUT2D eigenvalue weighted by Crippen LogP contribution is -2.44. The van der Waals surface area contributed by atoms with Crippen LogP contribution in [0.4, 0.5) is 10.9 Å². The molecule has 1 fully saturated rings. The summed E-state index contributed by atoms with van der Waals surface area (Å²) in [5.41, 5.74) is 1.20. The topological polar surface area (TPSA) is 62.2 Å². The molecule has 7 heteroatoms. The van der Waals surface area contributed by atoms with Gasteiger partial charge in [-0.1, -0.05) is 23.5 Å². The Balaban J connectivity index is 1.45. The molecule has 1 amide bonds. The minimum Gasteiger partial charge on any atom is -0.346 e. The van der Waals surface area contributed by atoms with Gasteiger partial charge in [0.25, 0.3) is 0 Å². The summed E-state index contributed by atoms with van der Waals surface area (Å²) in [5, 5.41) is 1.03. The van der Waals surface area contributed by atoms with Crippen LogP contribution in [0.3, 0.4) is 0 Å². The minimum atomic E-state index is -0.618. The fourth-order valence-electron chi connectivity index (χ4n) is 3.91. The van der Waals surface area contributed by atoms with E-state index in [1.807, 2.05) is 36.9 Å². The van der Waals surface area contributed by atoms with Gasteiger partial charge in [-0.3, -0.25) is 14.7 Å². The molecular weight excluding hydrogens is 346 g/mol. The van der Waals surface area contributed by atoms with E-state index in [0.29, 0.717) is 0 Å². The second-order valence-corrected chi connectivity index (χ2v) is 8.39.